The van der Waals surface area contributed by atoms with Crippen LogP contribution in [-0.4, -0.2) is 40.1 Å². The van der Waals surface area contributed by atoms with Gasteiger partial charge in [0, 0.05) is 30.4 Å². The third-order valence-corrected chi connectivity index (χ3v) is 6.22. The average molecular weight is 440 g/mol. The molecule has 3 amide bonds. The molecule has 2 heterocycles. The third-order valence-electron chi connectivity index (χ3n) is 5.14. The van der Waals surface area contributed by atoms with E-state index in [1.165, 1.54) is 35.6 Å². The molecule has 1 aliphatic rings. The Kier molecular flexibility index (Phi) is 6.22. The summed E-state index contributed by atoms with van der Waals surface area (Å²) in [6, 6.07) is 13.1. The lowest BCUT2D eigenvalue weighted by Gasteiger charge is -2.31. The predicted molar refractivity (Wildman–Crippen MR) is 118 cm³/mol. The van der Waals surface area contributed by atoms with Gasteiger partial charge in [-0.2, -0.15) is 0 Å². The zero-order chi connectivity index (χ0) is 21.8. The van der Waals surface area contributed by atoms with Crippen LogP contribution in [0.15, 0.2) is 48.5 Å². The van der Waals surface area contributed by atoms with Gasteiger partial charge in [-0.25, -0.2) is 9.18 Å². The number of likely N-dealkylation sites (tertiary alicyclic amines) is 1. The smallest absolute Gasteiger partial charge is 0.321 e. The number of hydrogen-bond acceptors (Lipinski definition) is 5. The van der Waals surface area contributed by atoms with Gasteiger partial charge in [0.2, 0.25) is 5.01 Å². The average Bonchev–Trinajstić information content (AvgIpc) is 3.26. The Morgan fingerprint density at radius 1 is 1.03 bits per heavy atom. The second-order valence-corrected chi connectivity index (χ2v) is 8.48. The fraction of sp³-hybridized carbons (Fsp3) is 0.273. The number of hydrogen-bond donors (Lipinski definition) is 2. The molecule has 0 unspecified atom stereocenters. The molecule has 0 radical (unpaired) electrons. The molecule has 0 saturated carbocycles. The molecule has 2 N–H and O–H groups in total. The third kappa shape index (κ3) is 5.24. The van der Waals surface area contributed by atoms with E-state index in [4.69, 9.17) is 0 Å². The molecule has 1 saturated heterocycles. The summed E-state index contributed by atoms with van der Waals surface area (Å²) in [6.07, 6.45) is 1.52. The van der Waals surface area contributed by atoms with E-state index in [9.17, 15) is 14.0 Å². The summed E-state index contributed by atoms with van der Waals surface area (Å²) in [7, 11) is 0. The molecule has 31 heavy (non-hydrogen) atoms. The Balaban J connectivity index is 1.31. The van der Waals surface area contributed by atoms with Gasteiger partial charge in [-0.05, 0) is 61.7 Å². The van der Waals surface area contributed by atoms with Gasteiger partial charge in [-0.3, -0.25) is 4.79 Å². The number of urea groups is 1. The normalized spacial score (nSPS) is 14.3. The Labute approximate surface area is 183 Å². The van der Waals surface area contributed by atoms with Crippen LogP contribution in [-0.2, 0) is 0 Å². The van der Waals surface area contributed by atoms with Crippen LogP contribution in [0.4, 0.5) is 20.6 Å². The molecule has 0 spiro atoms. The summed E-state index contributed by atoms with van der Waals surface area (Å²) in [5.74, 6) is -0.576. The molecule has 0 bridgehead atoms. The summed E-state index contributed by atoms with van der Waals surface area (Å²) in [5, 5.41) is 14.9. The standard InChI is InChI=1S/C22H22FN5O2S/c1-14-3-2-4-18(13-14)25-22(30)28-11-9-15(10-12-28)20-26-27-21(31-20)19(29)24-17-7-5-16(23)6-8-17/h2-8,13,15H,9-12H2,1H3,(H,24,29)(H,25,30). The van der Waals surface area contributed by atoms with Crippen molar-refractivity contribution < 1.29 is 14.0 Å². The van der Waals surface area contributed by atoms with Crippen molar-refractivity contribution in [3.63, 3.8) is 0 Å². The van der Waals surface area contributed by atoms with Crippen molar-refractivity contribution in [2.45, 2.75) is 25.7 Å². The van der Waals surface area contributed by atoms with E-state index in [2.05, 4.69) is 20.8 Å². The first-order valence-electron chi connectivity index (χ1n) is 10.0. The van der Waals surface area contributed by atoms with E-state index in [0.717, 1.165) is 29.1 Å². The summed E-state index contributed by atoms with van der Waals surface area (Å²) in [4.78, 5) is 26.7. The number of benzene rings is 2. The molecule has 1 aliphatic heterocycles. The second-order valence-electron chi connectivity index (χ2n) is 7.47. The molecule has 0 atom stereocenters. The molecule has 2 aromatic carbocycles. The summed E-state index contributed by atoms with van der Waals surface area (Å²) >= 11 is 1.26. The molecule has 4 rings (SSSR count). The van der Waals surface area contributed by atoms with Gasteiger partial charge in [0.1, 0.15) is 10.8 Å². The number of piperidine rings is 1. The number of amides is 3. The van der Waals surface area contributed by atoms with Crippen LogP contribution >= 0.6 is 11.3 Å². The van der Waals surface area contributed by atoms with Crippen LogP contribution in [0.2, 0.25) is 0 Å². The zero-order valence-electron chi connectivity index (χ0n) is 17.0. The number of aryl methyl sites for hydroxylation is 1. The van der Waals surface area contributed by atoms with Gasteiger partial charge in [-0.15, -0.1) is 10.2 Å². The fourth-order valence-corrected chi connectivity index (χ4v) is 4.37. The Morgan fingerprint density at radius 2 is 1.77 bits per heavy atom. The topological polar surface area (TPSA) is 87.2 Å². The first-order valence-corrected chi connectivity index (χ1v) is 10.8. The highest BCUT2D eigenvalue weighted by Gasteiger charge is 2.27. The number of nitrogens with zero attached hydrogens (tertiary/aromatic N) is 3. The van der Waals surface area contributed by atoms with Crippen LogP contribution < -0.4 is 10.6 Å². The maximum absolute atomic E-state index is 13.0. The van der Waals surface area contributed by atoms with Crippen molar-refractivity contribution in [3.05, 3.63) is 69.9 Å². The number of anilines is 2. The molecule has 1 fully saturated rings. The number of halogens is 1. The van der Waals surface area contributed by atoms with Crippen molar-refractivity contribution in [1.82, 2.24) is 15.1 Å². The summed E-state index contributed by atoms with van der Waals surface area (Å²) < 4.78 is 13.0. The van der Waals surface area contributed by atoms with Crippen molar-refractivity contribution in [1.29, 1.82) is 0 Å². The highest BCUT2D eigenvalue weighted by atomic mass is 32.1. The zero-order valence-corrected chi connectivity index (χ0v) is 17.8. The van der Waals surface area contributed by atoms with Crippen molar-refractivity contribution >= 4 is 34.6 Å². The largest absolute Gasteiger partial charge is 0.324 e. The van der Waals surface area contributed by atoms with Gasteiger partial charge in [0.25, 0.3) is 5.91 Å². The minimum Gasteiger partial charge on any atom is -0.324 e. The van der Waals surface area contributed by atoms with Gasteiger partial charge < -0.3 is 15.5 Å². The number of carbonyl (C=O) groups excluding carboxylic acids is 2. The van der Waals surface area contributed by atoms with Crippen molar-refractivity contribution in [3.8, 4) is 0 Å². The molecule has 160 valence electrons. The maximum Gasteiger partial charge on any atom is 0.321 e. The second kappa shape index (κ2) is 9.22. The van der Waals surface area contributed by atoms with E-state index in [1.54, 1.807) is 4.90 Å². The SMILES string of the molecule is Cc1cccc(NC(=O)N2CCC(c3nnc(C(=O)Nc4ccc(F)cc4)s3)CC2)c1. The van der Waals surface area contributed by atoms with Crippen molar-refractivity contribution in [2.24, 2.45) is 0 Å². The Bertz CT molecular complexity index is 1080. The van der Waals surface area contributed by atoms with Crippen LogP contribution in [0, 0.1) is 12.7 Å². The number of aromatic nitrogens is 2. The quantitative estimate of drug-likeness (QED) is 0.620. The van der Waals surface area contributed by atoms with Gasteiger partial charge in [0.15, 0.2) is 0 Å². The maximum atomic E-state index is 13.0. The molecule has 3 aromatic rings. The van der Waals surface area contributed by atoms with Gasteiger partial charge in [0.05, 0.1) is 0 Å². The fourth-order valence-electron chi connectivity index (χ4n) is 3.46. The van der Waals surface area contributed by atoms with E-state index in [0.29, 0.717) is 18.8 Å². The summed E-state index contributed by atoms with van der Waals surface area (Å²) in [6.45, 7) is 3.20. The van der Waals surface area contributed by atoms with Gasteiger partial charge >= 0.3 is 6.03 Å². The van der Waals surface area contributed by atoms with E-state index >= 15 is 0 Å². The monoisotopic (exact) mass is 439 g/mol. The number of nitrogens with one attached hydrogen (secondary N) is 2. The van der Waals surface area contributed by atoms with E-state index in [1.807, 2.05) is 31.2 Å². The first kappa shape index (κ1) is 20.9. The molecular weight excluding hydrogens is 417 g/mol. The molecular formula is C22H22FN5O2S. The first-order chi connectivity index (χ1) is 15.0. The number of carbonyl (C=O) groups is 2. The van der Waals surface area contributed by atoms with E-state index < -0.39 is 0 Å². The number of rotatable bonds is 4. The minimum absolute atomic E-state index is 0.110. The molecule has 1 aromatic heterocycles. The van der Waals surface area contributed by atoms with Crippen LogP contribution in [0.1, 0.15) is 39.1 Å². The predicted octanol–water partition coefficient (Wildman–Crippen LogP) is 4.65. The Morgan fingerprint density at radius 3 is 2.48 bits per heavy atom. The molecule has 7 nitrogen and oxygen atoms in total. The highest BCUT2D eigenvalue weighted by Crippen LogP contribution is 2.30. The lowest BCUT2D eigenvalue weighted by atomic mass is 9.98. The van der Waals surface area contributed by atoms with Crippen LogP contribution in [0.3, 0.4) is 0 Å². The van der Waals surface area contributed by atoms with Crippen LogP contribution in [0.25, 0.3) is 0 Å². The molecule has 0 aliphatic carbocycles. The van der Waals surface area contributed by atoms with Crippen molar-refractivity contribution in [2.75, 3.05) is 23.7 Å². The van der Waals surface area contributed by atoms with Crippen LogP contribution in [0.5, 0.6) is 0 Å². The minimum atomic E-state index is -0.370. The van der Waals surface area contributed by atoms with Gasteiger partial charge in [-0.1, -0.05) is 23.5 Å². The lowest BCUT2D eigenvalue weighted by molar-refractivity contribution is 0.102. The summed E-state index contributed by atoms with van der Waals surface area (Å²) in [5.41, 5.74) is 2.37. The Hall–Kier alpha value is -3.33. The molecule has 9 heteroatoms. The van der Waals surface area contributed by atoms with E-state index in [-0.39, 0.29) is 28.7 Å². The lowest BCUT2D eigenvalue weighted by Crippen LogP contribution is -2.40. The highest BCUT2D eigenvalue weighted by molar-refractivity contribution is 7.13.